The Bertz CT molecular complexity index is 571. The van der Waals surface area contributed by atoms with Gasteiger partial charge in [0.2, 0.25) is 0 Å². The van der Waals surface area contributed by atoms with Gasteiger partial charge in [-0.15, -0.1) is 11.3 Å². The van der Waals surface area contributed by atoms with Crippen LogP contribution in [-0.2, 0) is 12.8 Å². The molecule has 2 rings (SSSR count). The number of nitrogens with one attached hydrogen (secondary N) is 2. The van der Waals surface area contributed by atoms with Crippen LogP contribution >= 0.6 is 11.3 Å². The minimum absolute atomic E-state index is 0.111. The van der Waals surface area contributed by atoms with Crippen LogP contribution in [0.4, 0.5) is 9.93 Å². The maximum absolute atomic E-state index is 11.9. The second-order valence-electron chi connectivity index (χ2n) is 4.65. The molecule has 0 saturated carbocycles. The van der Waals surface area contributed by atoms with Crippen molar-refractivity contribution in [2.24, 2.45) is 0 Å². The van der Waals surface area contributed by atoms with Crippen molar-refractivity contribution in [3.05, 3.63) is 47.0 Å². The highest BCUT2D eigenvalue weighted by atomic mass is 32.1. The molecule has 0 bridgehead atoms. The molecule has 1 atom stereocenters. The molecule has 5 nitrogen and oxygen atoms in total. The summed E-state index contributed by atoms with van der Waals surface area (Å²) < 4.78 is 0. The third-order valence-electron chi connectivity index (χ3n) is 3.00. The molecule has 0 spiro atoms. The Labute approximate surface area is 128 Å². The molecule has 3 N–H and O–H groups in total. The Morgan fingerprint density at radius 3 is 2.76 bits per heavy atom. The number of thiazole rings is 1. The third-order valence-corrected chi connectivity index (χ3v) is 4.06. The topological polar surface area (TPSA) is 74.2 Å². The normalized spacial score (nSPS) is 11.9. The number of aryl methyl sites for hydroxylation is 1. The summed E-state index contributed by atoms with van der Waals surface area (Å²) in [6.07, 6.45) is 3.24. The number of aromatic nitrogens is 1. The SMILES string of the molecule is CCc1cnc(NC(=O)N[C@H](CO)Cc2ccccc2)s1. The number of rotatable bonds is 6. The minimum atomic E-state index is -0.345. The lowest BCUT2D eigenvalue weighted by molar-refractivity contribution is 0.224. The van der Waals surface area contributed by atoms with E-state index in [1.807, 2.05) is 37.3 Å². The molecule has 21 heavy (non-hydrogen) atoms. The molecule has 0 aliphatic carbocycles. The van der Waals surface area contributed by atoms with E-state index in [1.165, 1.54) is 11.3 Å². The van der Waals surface area contributed by atoms with Crippen LogP contribution in [0.5, 0.6) is 0 Å². The summed E-state index contributed by atoms with van der Waals surface area (Å²) in [5.41, 5.74) is 1.07. The molecule has 2 aromatic rings. The number of amides is 2. The monoisotopic (exact) mass is 305 g/mol. The molecule has 0 unspecified atom stereocenters. The summed E-state index contributed by atoms with van der Waals surface area (Å²) in [7, 11) is 0. The number of aliphatic hydroxyl groups excluding tert-OH is 1. The smallest absolute Gasteiger partial charge is 0.321 e. The Hall–Kier alpha value is -1.92. The Balaban J connectivity index is 1.87. The lowest BCUT2D eigenvalue weighted by Gasteiger charge is -2.16. The molecule has 1 aromatic carbocycles. The largest absolute Gasteiger partial charge is 0.394 e. The van der Waals surface area contributed by atoms with E-state index in [4.69, 9.17) is 0 Å². The van der Waals surface area contributed by atoms with Crippen molar-refractivity contribution in [1.82, 2.24) is 10.3 Å². The molecule has 0 radical (unpaired) electrons. The van der Waals surface area contributed by atoms with Gasteiger partial charge in [-0.1, -0.05) is 37.3 Å². The molecule has 112 valence electrons. The van der Waals surface area contributed by atoms with Crippen LogP contribution in [0.1, 0.15) is 17.4 Å². The van der Waals surface area contributed by atoms with Crippen LogP contribution in [0, 0.1) is 0 Å². The second-order valence-corrected chi connectivity index (χ2v) is 5.77. The quantitative estimate of drug-likeness (QED) is 0.767. The predicted octanol–water partition coefficient (Wildman–Crippen LogP) is 2.43. The van der Waals surface area contributed by atoms with Crippen molar-refractivity contribution in [3.8, 4) is 0 Å². The second kappa shape index (κ2) is 7.75. The van der Waals surface area contributed by atoms with Crippen LogP contribution < -0.4 is 10.6 Å². The number of carbonyl (C=O) groups excluding carboxylic acids is 1. The van der Waals surface area contributed by atoms with Gasteiger partial charge in [0.15, 0.2) is 5.13 Å². The summed E-state index contributed by atoms with van der Waals surface area (Å²) in [6.45, 7) is 1.93. The van der Waals surface area contributed by atoms with Gasteiger partial charge in [0.1, 0.15) is 0 Å². The van der Waals surface area contributed by atoms with Crippen molar-refractivity contribution < 1.29 is 9.90 Å². The van der Waals surface area contributed by atoms with Crippen LogP contribution in [0.15, 0.2) is 36.5 Å². The lowest BCUT2D eigenvalue weighted by atomic mass is 10.1. The van der Waals surface area contributed by atoms with E-state index in [-0.39, 0.29) is 18.7 Å². The molecule has 6 heteroatoms. The van der Waals surface area contributed by atoms with Crippen LogP contribution in [-0.4, -0.2) is 28.8 Å². The van der Waals surface area contributed by atoms with Crippen molar-refractivity contribution in [2.75, 3.05) is 11.9 Å². The summed E-state index contributed by atoms with van der Waals surface area (Å²) >= 11 is 1.45. The molecular formula is C15H19N3O2S. The highest BCUT2D eigenvalue weighted by molar-refractivity contribution is 7.15. The fraction of sp³-hybridized carbons (Fsp3) is 0.333. The van der Waals surface area contributed by atoms with Gasteiger partial charge < -0.3 is 10.4 Å². The lowest BCUT2D eigenvalue weighted by Crippen LogP contribution is -2.41. The van der Waals surface area contributed by atoms with Gasteiger partial charge in [-0.3, -0.25) is 5.32 Å². The number of nitrogens with zero attached hydrogens (tertiary/aromatic N) is 1. The first-order chi connectivity index (χ1) is 10.2. The van der Waals surface area contributed by atoms with Crippen molar-refractivity contribution in [1.29, 1.82) is 0 Å². The van der Waals surface area contributed by atoms with E-state index in [0.29, 0.717) is 11.6 Å². The number of urea groups is 1. The number of carbonyl (C=O) groups is 1. The Kier molecular flexibility index (Phi) is 5.71. The molecule has 0 aliphatic rings. The predicted molar refractivity (Wildman–Crippen MR) is 84.7 cm³/mol. The minimum Gasteiger partial charge on any atom is -0.394 e. The van der Waals surface area contributed by atoms with Crippen LogP contribution in [0.3, 0.4) is 0 Å². The van der Waals surface area contributed by atoms with Gasteiger partial charge in [-0.25, -0.2) is 9.78 Å². The highest BCUT2D eigenvalue weighted by Crippen LogP contribution is 2.18. The van der Waals surface area contributed by atoms with E-state index in [9.17, 15) is 9.90 Å². The van der Waals surface area contributed by atoms with Crippen molar-refractivity contribution >= 4 is 22.5 Å². The number of hydrogen-bond acceptors (Lipinski definition) is 4. The molecule has 0 fully saturated rings. The maximum atomic E-state index is 11.9. The zero-order valence-electron chi connectivity index (χ0n) is 11.9. The third kappa shape index (κ3) is 4.84. The number of aliphatic hydroxyl groups is 1. The number of benzene rings is 1. The molecule has 0 saturated heterocycles. The average Bonchev–Trinajstić information content (AvgIpc) is 2.95. The van der Waals surface area contributed by atoms with E-state index in [0.717, 1.165) is 16.9 Å². The standard InChI is InChI=1S/C15H19N3O2S/c1-2-13-9-16-15(21-13)18-14(20)17-12(10-19)8-11-6-4-3-5-7-11/h3-7,9,12,19H,2,8,10H2,1H3,(H2,16,17,18,20)/t12-/m0/s1. The average molecular weight is 305 g/mol. The van der Waals surface area contributed by atoms with Crippen molar-refractivity contribution in [3.63, 3.8) is 0 Å². The first-order valence-electron chi connectivity index (χ1n) is 6.88. The first-order valence-corrected chi connectivity index (χ1v) is 7.70. The molecular weight excluding hydrogens is 286 g/mol. The fourth-order valence-electron chi connectivity index (χ4n) is 1.91. The van der Waals surface area contributed by atoms with Gasteiger partial charge >= 0.3 is 6.03 Å². The Morgan fingerprint density at radius 2 is 2.14 bits per heavy atom. The highest BCUT2D eigenvalue weighted by Gasteiger charge is 2.13. The summed E-state index contributed by atoms with van der Waals surface area (Å²) in [4.78, 5) is 17.1. The molecule has 2 amide bonds. The van der Waals surface area contributed by atoms with E-state index < -0.39 is 0 Å². The van der Waals surface area contributed by atoms with E-state index in [1.54, 1.807) is 6.20 Å². The zero-order valence-corrected chi connectivity index (χ0v) is 12.7. The molecule has 1 aromatic heterocycles. The fourth-order valence-corrected chi connectivity index (χ4v) is 2.65. The van der Waals surface area contributed by atoms with Gasteiger partial charge in [-0.05, 0) is 18.4 Å². The van der Waals surface area contributed by atoms with Crippen molar-refractivity contribution in [2.45, 2.75) is 25.8 Å². The molecule has 0 aliphatic heterocycles. The van der Waals surface area contributed by atoms with Gasteiger partial charge in [-0.2, -0.15) is 0 Å². The zero-order chi connectivity index (χ0) is 15.1. The number of anilines is 1. The van der Waals surface area contributed by atoms with Crippen LogP contribution in [0.2, 0.25) is 0 Å². The van der Waals surface area contributed by atoms with E-state index >= 15 is 0 Å². The van der Waals surface area contributed by atoms with Crippen LogP contribution in [0.25, 0.3) is 0 Å². The summed E-state index contributed by atoms with van der Waals surface area (Å²) in [5.74, 6) is 0. The summed E-state index contributed by atoms with van der Waals surface area (Å²) in [6, 6.07) is 9.08. The maximum Gasteiger partial charge on any atom is 0.321 e. The first kappa shape index (κ1) is 15.5. The van der Waals surface area contributed by atoms with Gasteiger partial charge in [0.25, 0.3) is 0 Å². The van der Waals surface area contributed by atoms with Gasteiger partial charge in [0.05, 0.1) is 12.6 Å². The number of hydrogen-bond donors (Lipinski definition) is 3. The summed E-state index contributed by atoms with van der Waals surface area (Å²) in [5, 5.41) is 15.4. The van der Waals surface area contributed by atoms with E-state index in [2.05, 4.69) is 15.6 Å². The molecule has 1 heterocycles. The Morgan fingerprint density at radius 1 is 1.38 bits per heavy atom. The van der Waals surface area contributed by atoms with Gasteiger partial charge in [0, 0.05) is 11.1 Å².